The number of imidazole rings is 1. The number of amides is 1. The van der Waals surface area contributed by atoms with Crippen molar-refractivity contribution in [1.82, 2.24) is 14.3 Å². The van der Waals surface area contributed by atoms with Crippen LogP contribution < -0.4 is 0 Å². The Kier molecular flexibility index (Phi) is 4.07. The highest BCUT2D eigenvalue weighted by atomic mass is 79.9. The van der Waals surface area contributed by atoms with E-state index in [1.807, 2.05) is 53.5 Å². The topological polar surface area (TPSA) is 37.6 Å². The maximum Gasteiger partial charge on any atom is 0.228 e. The zero-order valence-electron chi connectivity index (χ0n) is 11.5. The minimum Gasteiger partial charge on any atom is -0.341 e. The van der Waals surface area contributed by atoms with E-state index in [1.54, 1.807) is 16.2 Å². The monoisotopic (exact) mass is 363 g/mol. The average molecular weight is 364 g/mol. The second-order valence-electron chi connectivity index (χ2n) is 4.88. The summed E-state index contributed by atoms with van der Waals surface area (Å²) in [6.45, 7) is 0.605. The third-order valence-electron chi connectivity index (χ3n) is 3.23. The zero-order chi connectivity index (χ0) is 14.8. The number of likely N-dealkylation sites (N-methyl/N-ethyl adjacent to an activating group) is 1. The van der Waals surface area contributed by atoms with Gasteiger partial charge in [0, 0.05) is 35.8 Å². The Hall–Kier alpha value is -1.66. The van der Waals surface area contributed by atoms with E-state index in [0.717, 1.165) is 20.7 Å². The first-order chi connectivity index (χ1) is 10.1. The van der Waals surface area contributed by atoms with Gasteiger partial charge >= 0.3 is 0 Å². The van der Waals surface area contributed by atoms with Crippen LogP contribution in [0.3, 0.4) is 0 Å². The van der Waals surface area contributed by atoms with E-state index in [2.05, 4.69) is 20.9 Å². The number of rotatable bonds is 4. The number of nitrogens with zero attached hydrogens (tertiary/aromatic N) is 3. The second kappa shape index (κ2) is 5.99. The molecule has 0 aliphatic carbocycles. The van der Waals surface area contributed by atoms with Crippen LogP contribution in [0, 0.1) is 0 Å². The molecule has 1 amide bonds. The Morgan fingerprint density at radius 2 is 2.14 bits per heavy atom. The first-order valence-electron chi connectivity index (χ1n) is 6.51. The minimum atomic E-state index is 0.0728. The molecule has 0 radical (unpaired) electrons. The molecule has 2 aromatic heterocycles. The molecule has 3 rings (SSSR count). The van der Waals surface area contributed by atoms with Gasteiger partial charge in [-0.3, -0.25) is 9.20 Å². The Bertz CT molecular complexity index is 734. The maximum atomic E-state index is 12.3. The molecule has 0 aliphatic rings. The standard InChI is InChI=1S/C15H14BrN3OS/c1-18(9-11-2-4-12(16)5-3-11)14(20)8-13-10-19-6-7-21-15(19)17-13/h2-7,10H,8-9H2,1H3. The van der Waals surface area contributed by atoms with Crippen molar-refractivity contribution in [2.75, 3.05) is 7.05 Å². The van der Waals surface area contributed by atoms with Gasteiger partial charge in [0.05, 0.1) is 12.1 Å². The number of thiazole rings is 1. The number of halogens is 1. The summed E-state index contributed by atoms with van der Waals surface area (Å²) in [7, 11) is 1.82. The average Bonchev–Trinajstić information content (AvgIpc) is 3.02. The zero-order valence-corrected chi connectivity index (χ0v) is 13.9. The van der Waals surface area contributed by atoms with E-state index in [9.17, 15) is 4.79 Å². The number of fused-ring (bicyclic) bond motifs is 1. The molecule has 0 N–H and O–H groups in total. The molecule has 2 heterocycles. The largest absolute Gasteiger partial charge is 0.341 e. The number of carbonyl (C=O) groups is 1. The summed E-state index contributed by atoms with van der Waals surface area (Å²) in [4.78, 5) is 19.4. The van der Waals surface area contributed by atoms with Crippen molar-refractivity contribution in [3.05, 3.63) is 57.8 Å². The van der Waals surface area contributed by atoms with Crippen molar-refractivity contribution in [1.29, 1.82) is 0 Å². The molecule has 0 spiro atoms. The van der Waals surface area contributed by atoms with Gasteiger partial charge in [-0.2, -0.15) is 0 Å². The summed E-state index contributed by atoms with van der Waals surface area (Å²) in [5.74, 6) is 0.0728. The number of hydrogen-bond donors (Lipinski definition) is 0. The van der Waals surface area contributed by atoms with Crippen molar-refractivity contribution < 1.29 is 4.79 Å². The van der Waals surface area contributed by atoms with Crippen LogP contribution in [0.25, 0.3) is 4.96 Å². The van der Waals surface area contributed by atoms with Gasteiger partial charge in [-0.15, -0.1) is 11.3 Å². The van der Waals surface area contributed by atoms with Crippen LogP contribution in [0.15, 0.2) is 46.5 Å². The Morgan fingerprint density at radius 1 is 1.38 bits per heavy atom. The fraction of sp³-hybridized carbons (Fsp3) is 0.200. The predicted octanol–water partition coefficient (Wildman–Crippen LogP) is 3.36. The number of aromatic nitrogens is 2. The van der Waals surface area contributed by atoms with Crippen LogP contribution in [-0.2, 0) is 17.8 Å². The predicted molar refractivity (Wildman–Crippen MR) is 87.4 cm³/mol. The van der Waals surface area contributed by atoms with Gasteiger partial charge in [0.25, 0.3) is 0 Å². The van der Waals surface area contributed by atoms with Gasteiger partial charge in [0.2, 0.25) is 5.91 Å². The van der Waals surface area contributed by atoms with Crippen molar-refractivity contribution in [2.45, 2.75) is 13.0 Å². The number of carbonyl (C=O) groups excluding carboxylic acids is 1. The molecule has 0 saturated heterocycles. The van der Waals surface area contributed by atoms with Crippen molar-refractivity contribution >= 4 is 38.1 Å². The van der Waals surface area contributed by atoms with Gasteiger partial charge in [0.15, 0.2) is 4.96 Å². The lowest BCUT2D eigenvalue weighted by atomic mass is 10.2. The molecule has 108 valence electrons. The van der Waals surface area contributed by atoms with Gasteiger partial charge in [-0.25, -0.2) is 4.98 Å². The lowest BCUT2D eigenvalue weighted by Crippen LogP contribution is -2.27. The Morgan fingerprint density at radius 3 is 2.86 bits per heavy atom. The van der Waals surface area contributed by atoms with Gasteiger partial charge in [-0.1, -0.05) is 28.1 Å². The van der Waals surface area contributed by atoms with Crippen LogP contribution >= 0.6 is 27.3 Å². The molecule has 3 aromatic rings. The molecule has 0 bridgehead atoms. The normalized spacial score (nSPS) is 11.0. The van der Waals surface area contributed by atoms with Crippen LogP contribution in [0.1, 0.15) is 11.3 Å². The highest BCUT2D eigenvalue weighted by molar-refractivity contribution is 9.10. The van der Waals surface area contributed by atoms with E-state index in [1.165, 1.54) is 0 Å². The lowest BCUT2D eigenvalue weighted by Gasteiger charge is -2.16. The molecule has 1 aromatic carbocycles. The first kappa shape index (κ1) is 14.3. The summed E-state index contributed by atoms with van der Waals surface area (Å²) < 4.78 is 2.99. The van der Waals surface area contributed by atoms with Crippen LogP contribution in [0.4, 0.5) is 0 Å². The maximum absolute atomic E-state index is 12.3. The Balaban J connectivity index is 1.64. The summed E-state index contributed by atoms with van der Waals surface area (Å²) in [6.07, 6.45) is 4.20. The van der Waals surface area contributed by atoms with E-state index in [-0.39, 0.29) is 5.91 Å². The summed E-state index contributed by atoms with van der Waals surface area (Å²) in [6, 6.07) is 8.00. The summed E-state index contributed by atoms with van der Waals surface area (Å²) in [5.41, 5.74) is 1.93. The van der Waals surface area contributed by atoms with Crippen LogP contribution in [-0.4, -0.2) is 27.2 Å². The molecule has 0 atom stereocenters. The molecular weight excluding hydrogens is 350 g/mol. The highest BCUT2D eigenvalue weighted by Gasteiger charge is 2.13. The quantitative estimate of drug-likeness (QED) is 0.712. The van der Waals surface area contributed by atoms with E-state index in [0.29, 0.717) is 13.0 Å². The van der Waals surface area contributed by atoms with Crippen molar-refractivity contribution in [2.24, 2.45) is 0 Å². The molecule has 0 saturated carbocycles. The van der Waals surface area contributed by atoms with Crippen molar-refractivity contribution in [3.63, 3.8) is 0 Å². The molecule has 6 heteroatoms. The van der Waals surface area contributed by atoms with E-state index >= 15 is 0 Å². The molecule has 0 unspecified atom stereocenters. The third kappa shape index (κ3) is 3.33. The second-order valence-corrected chi connectivity index (χ2v) is 6.67. The Labute approximate surface area is 135 Å². The van der Waals surface area contributed by atoms with Gasteiger partial charge < -0.3 is 4.90 Å². The third-order valence-corrected chi connectivity index (χ3v) is 4.53. The molecule has 4 nitrogen and oxygen atoms in total. The summed E-state index contributed by atoms with van der Waals surface area (Å²) >= 11 is 4.98. The molecular formula is C15H14BrN3OS. The molecule has 0 fully saturated rings. The number of hydrogen-bond acceptors (Lipinski definition) is 3. The van der Waals surface area contributed by atoms with E-state index < -0.39 is 0 Å². The van der Waals surface area contributed by atoms with Gasteiger partial charge in [0.1, 0.15) is 0 Å². The first-order valence-corrected chi connectivity index (χ1v) is 8.18. The van der Waals surface area contributed by atoms with Crippen LogP contribution in [0.2, 0.25) is 0 Å². The van der Waals surface area contributed by atoms with Crippen LogP contribution in [0.5, 0.6) is 0 Å². The summed E-state index contributed by atoms with van der Waals surface area (Å²) in [5, 5.41) is 1.98. The molecule has 21 heavy (non-hydrogen) atoms. The minimum absolute atomic E-state index is 0.0728. The van der Waals surface area contributed by atoms with Crippen molar-refractivity contribution in [3.8, 4) is 0 Å². The molecule has 0 aliphatic heterocycles. The smallest absolute Gasteiger partial charge is 0.228 e. The fourth-order valence-corrected chi connectivity index (χ4v) is 3.09. The van der Waals surface area contributed by atoms with E-state index in [4.69, 9.17) is 0 Å². The SMILES string of the molecule is CN(Cc1ccc(Br)cc1)C(=O)Cc1cn2ccsc2n1. The highest BCUT2D eigenvalue weighted by Crippen LogP contribution is 2.14. The number of benzene rings is 1. The lowest BCUT2D eigenvalue weighted by molar-refractivity contribution is -0.129. The fourth-order valence-electron chi connectivity index (χ4n) is 2.10. The van der Waals surface area contributed by atoms with Gasteiger partial charge in [-0.05, 0) is 17.7 Å².